The van der Waals surface area contributed by atoms with Crippen molar-refractivity contribution in [1.82, 2.24) is 19.8 Å². The Balaban J connectivity index is 1.30. The number of ether oxygens (including phenoxy) is 1. The van der Waals surface area contributed by atoms with Crippen molar-refractivity contribution in [3.8, 4) is 0 Å². The molecule has 7 heteroatoms. The minimum Gasteiger partial charge on any atom is -0.378 e. The molecule has 2 aromatic rings. The van der Waals surface area contributed by atoms with Crippen molar-refractivity contribution in [3.63, 3.8) is 0 Å². The second kappa shape index (κ2) is 9.62. The van der Waals surface area contributed by atoms with E-state index in [2.05, 4.69) is 56.2 Å². The molecular formula is C22H27N5O2. The number of morpholine rings is 1. The van der Waals surface area contributed by atoms with Crippen LogP contribution >= 0.6 is 0 Å². The summed E-state index contributed by atoms with van der Waals surface area (Å²) in [5.74, 6) is 0.602. The second-order valence-electron chi connectivity index (χ2n) is 7.25. The summed E-state index contributed by atoms with van der Waals surface area (Å²) in [6.45, 7) is 6.95. The van der Waals surface area contributed by atoms with Gasteiger partial charge in [0.25, 0.3) is 5.91 Å². The number of piperazine rings is 1. The van der Waals surface area contributed by atoms with Crippen LogP contribution in [0.4, 0.5) is 5.95 Å². The number of anilines is 1. The van der Waals surface area contributed by atoms with Crippen LogP contribution in [0.5, 0.6) is 0 Å². The Kier molecular flexibility index (Phi) is 6.49. The molecule has 0 saturated carbocycles. The molecule has 0 spiro atoms. The Morgan fingerprint density at radius 2 is 1.76 bits per heavy atom. The zero-order chi connectivity index (χ0) is 19.9. The summed E-state index contributed by atoms with van der Waals surface area (Å²) in [6, 6.07) is 12.1. The Labute approximate surface area is 171 Å². The van der Waals surface area contributed by atoms with Gasteiger partial charge >= 0.3 is 0 Å². The highest BCUT2D eigenvalue weighted by molar-refractivity contribution is 5.92. The third-order valence-electron chi connectivity index (χ3n) is 5.29. The fraction of sp³-hybridized carbons (Fsp3) is 0.409. The van der Waals surface area contributed by atoms with Crippen LogP contribution in [0.3, 0.4) is 0 Å². The summed E-state index contributed by atoms with van der Waals surface area (Å²) in [4.78, 5) is 28.0. The largest absolute Gasteiger partial charge is 0.378 e. The highest BCUT2D eigenvalue weighted by Gasteiger charge is 2.22. The molecule has 0 radical (unpaired) electrons. The Morgan fingerprint density at radius 1 is 1.00 bits per heavy atom. The number of hydrogen-bond donors (Lipinski definition) is 0. The van der Waals surface area contributed by atoms with Gasteiger partial charge in [0.2, 0.25) is 5.95 Å². The van der Waals surface area contributed by atoms with E-state index in [-0.39, 0.29) is 5.91 Å². The van der Waals surface area contributed by atoms with Crippen LogP contribution in [0.2, 0.25) is 0 Å². The van der Waals surface area contributed by atoms with Gasteiger partial charge in [0.15, 0.2) is 0 Å². The monoisotopic (exact) mass is 393 g/mol. The molecule has 2 saturated heterocycles. The maximum absolute atomic E-state index is 12.7. The predicted molar refractivity (Wildman–Crippen MR) is 113 cm³/mol. The van der Waals surface area contributed by atoms with Gasteiger partial charge in [-0.05, 0) is 11.6 Å². The van der Waals surface area contributed by atoms with Crippen molar-refractivity contribution in [3.05, 3.63) is 59.9 Å². The number of amides is 1. The van der Waals surface area contributed by atoms with Crippen LogP contribution < -0.4 is 4.90 Å². The van der Waals surface area contributed by atoms with Crippen molar-refractivity contribution in [2.24, 2.45) is 0 Å². The van der Waals surface area contributed by atoms with Gasteiger partial charge in [-0.25, -0.2) is 9.97 Å². The zero-order valence-electron chi connectivity index (χ0n) is 16.6. The van der Waals surface area contributed by atoms with Crippen molar-refractivity contribution >= 4 is 17.9 Å². The average Bonchev–Trinajstić information content (AvgIpc) is 2.80. The van der Waals surface area contributed by atoms with E-state index in [0.717, 1.165) is 32.7 Å². The molecule has 7 nitrogen and oxygen atoms in total. The van der Waals surface area contributed by atoms with Gasteiger partial charge in [0.1, 0.15) is 5.69 Å². The Morgan fingerprint density at radius 3 is 2.52 bits per heavy atom. The van der Waals surface area contributed by atoms with Crippen LogP contribution in [0.25, 0.3) is 6.08 Å². The molecule has 0 N–H and O–H groups in total. The topological polar surface area (TPSA) is 61.8 Å². The average molecular weight is 393 g/mol. The summed E-state index contributed by atoms with van der Waals surface area (Å²) >= 11 is 0. The lowest BCUT2D eigenvalue weighted by Gasteiger charge is -2.34. The van der Waals surface area contributed by atoms with Gasteiger partial charge in [0, 0.05) is 52.0 Å². The smallest absolute Gasteiger partial charge is 0.272 e. The maximum atomic E-state index is 12.7. The molecule has 4 rings (SSSR count). The SMILES string of the molecule is O=C(c1ccnc(N2CCN(C/C=C/c3ccccc3)CC2)n1)N1CCOCC1. The summed E-state index contributed by atoms with van der Waals surface area (Å²) in [5.41, 5.74) is 1.69. The van der Waals surface area contributed by atoms with E-state index in [0.29, 0.717) is 37.9 Å². The summed E-state index contributed by atoms with van der Waals surface area (Å²) in [5, 5.41) is 0. The van der Waals surface area contributed by atoms with Gasteiger partial charge in [0.05, 0.1) is 13.2 Å². The molecule has 3 heterocycles. The van der Waals surface area contributed by atoms with Crippen LogP contribution in [-0.2, 0) is 4.74 Å². The second-order valence-corrected chi connectivity index (χ2v) is 7.25. The van der Waals surface area contributed by atoms with Crippen molar-refractivity contribution in [1.29, 1.82) is 0 Å². The summed E-state index contributed by atoms with van der Waals surface area (Å²) < 4.78 is 5.32. The molecule has 1 aromatic carbocycles. The highest BCUT2D eigenvalue weighted by atomic mass is 16.5. The molecule has 1 aromatic heterocycles. The Bertz CT molecular complexity index is 828. The quantitative estimate of drug-likeness (QED) is 0.772. The van der Waals surface area contributed by atoms with E-state index in [9.17, 15) is 4.79 Å². The number of carbonyl (C=O) groups excluding carboxylic acids is 1. The fourth-order valence-electron chi connectivity index (χ4n) is 3.58. The molecule has 1 amide bonds. The fourth-order valence-corrected chi connectivity index (χ4v) is 3.58. The molecule has 2 fully saturated rings. The first-order valence-electron chi connectivity index (χ1n) is 10.2. The molecule has 0 aliphatic carbocycles. The number of nitrogens with zero attached hydrogens (tertiary/aromatic N) is 5. The first kappa shape index (κ1) is 19.5. The lowest BCUT2D eigenvalue weighted by atomic mass is 10.2. The maximum Gasteiger partial charge on any atom is 0.272 e. The molecule has 0 unspecified atom stereocenters. The van der Waals surface area contributed by atoms with Crippen molar-refractivity contribution < 1.29 is 9.53 Å². The van der Waals surface area contributed by atoms with Crippen LogP contribution in [0.15, 0.2) is 48.7 Å². The molecule has 29 heavy (non-hydrogen) atoms. The molecule has 0 bridgehead atoms. The van der Waals surface area contributed by atoms with Crippen molar-refractivity contribution in [2.75, 3.05) is 63.9 Å². The first-order chi connectivity index (χ1) is 14.3. The van der Waals surface area contributed by atoms with Crippen LogP contribution in [-0.4, -0.2) is 84.7 Å². The molecule has 0 atom stereocenters. The summed E-state index contributed by atoms with van der Waals surface area (Å²) in [7, 11) is 0. The number of benzene rings is 1. The minimum atomic E-state index is -0.0402. The van der Waals surface area contributed by atoms with E-state index >= 15 is 0 Å². The van der Waals surface area contributed by atoms with Gasteiger partial charge in [-0.3, -0.25) is 9.69 Å². The molecule has 2 aliphatic heterocycles. The van der Waals surface area contributed by atoms with Crippen LogP contribution in [0, 0.1) is 0 Å². The van der Waals surface area contributed by atoms with Crippen LogP contribution in [0.1, 0.15) is 16.1 Å². The number of rotatable bonds is 5. The third kappa shape index (κ3) is 5.19. The van der Waals surface area contributed by atoms with E-state index in [4.69, 9.17) is 4.74 Å². The van der Waals surface area contributed by atoms with E-state index in [1.54, 1.807) is 17.2 Å². The number of aromatic nitrogens is 2. The standard InChI is InChI=1S/C22H27N5O2/c28-21(26-15-17-29-18-16-26)20-8-9-23-22(24-20)27-13-11-25(12-14-27)10-4-7-19-5-2-1-3-6-19/h1-9H,10-18H2/b7-4+. The van der Waals surface area contributed by atoms with Gasteiger partial charge in [-0.2, -0.15) is 0 Å². The number of carbonyl (C=O) groups is 1. The predicted octanol–water partition coefficient (Wildman–Crippen LogP) is 1.78. The van der Waals surface area contributed by atoms with E-state index in [1.165, 1.54) is 5.56 Å². The lowest BCUT2D eigenvalue weighted by Crippen LogP contribution is -2.47. The number of hydrogen-bond acceptors (Lipinski definition) is 6. The molecule has 152 valence electrons. The van der Waals surface area contributed by atoms with Crippen molar-refractivity contribution in [2.45, 2.75) is 0 Å². The zero-order valence-corrected chi connectivity index (χ0v) is 16.6. The lowest BCUT2D eigenvalue weighted by molar-refractivity contribution is 0.0299. The van der Waals surface area contributed by atoms with Gasteiger partial charge in [-0.1, -0.05) is 42.5 Å². The Hall–Kier alpha value is -2.77. The third-order valence-corrected chi connectivity index (χ3v) is 5.29. The highest BCUT2D eigenvalue weighted by Crippen LogP contribution is 2.13. The molecular weight excluding hydrogens is 366 g/mol. The minimum absolute atomic E-state index is 0.0402. The van der Waals surface area contributed by atoms with E-state index < -0.39 is 0 Å². The van der Waals surface area contributed by atoms with Gasteiger partial charge in [-0.15, -0.1) is 0 Å². The summed E-state index contributed by atoms with van der Waals surface area (Å²) in [6.07, 6.45) is 6.06. The first-order valence-corrected chi connectivity index (χ1v) is 10.2. The molecule has 2 aliphatic rings. The van der Waals surface area contributed by atoms with E-state index in [1.807, 2.05) is 6.07 Å². The normalized spacial score (nSPS) is 18.3. The van der Waals surface area contributed by atoms with Gasteiger partial charge < -0.3 is 14.5 Å².